The molecule has 1 saturated heterocycles. The van der Waals surface area contributed by atoms with Gasteiger partial charge in [0, 0.05) is 37.3 Å². The molecule has 1 aliphatic carbocycles. The Balaban J connectivity index is 1.08. The van der Waals surface area contributed by atoms with Crippen molar-refractivity contribution in [1.29, 1.82) is 0 Å². The molecule has 2 fully saturated rings. The van der Waals surface area contributed by atoms with Gasteiger partial charge in [-0.05, 0) is 72.5 Å². The third-order valence-electron chi connectivity index (χ3n) is 10.7. The number of nitrogens with zero attached hydrogens (tertiary/aromatic N) is 8. The first-order chi connectivity index (χ1) is 28.3. The average Bonchev–Trinajstić information content (AvgIpc) is 4.03. The molecule has 6 aromatic rings. The minimum atomic E-state index is -3.89. The molecule has 4 heterocycles. The van der Waals surface area contributed by atoms with Gasteiger partial charge in [-0.3, -0.25) is 0 Å². The van der Waals surface area contributed by atoms with Gasteiger partial charge in [0.05, 0.1) is 30.1 Å². The number of hydrogen-bond acceptors (Lipinski definition) is 15. The summed E-state index contributed by atoms with van der Waals surface area (Å²) in [6, 6.07) is 17.0. The number of urea groups is 1. The van der Waals surface area contributed by atoms with Gasteiger partial charge in [-0.15, -0.1) is 0 Å². The molecule has 3 aromatic carbocycles. The number of imidazole rings is 1. The molecule has 59 heavy (non-hydrogen) atoms. The van der Waals surface area contributed by atoms with Crippen LogP contribution in [0.5, 0.6) is 11.5 Å². The highest BCUT2D eigenvalue weighted by molar-refractivity contribution is 7.89. The van der Waals surface area contributed by atoms with E-state index in [0.29, 0.717) is 60.4 Å². The molecular formula is C38H42N12O8S. The van der Waals surface area contributed by atoms with E-state index in [1.54, 1.807) is 35.2 Å². The van der Waals surface area contributed by atoms with E-state index < -0.39 is 40.3 Å². The van der Waals surface area contributed by atoms with Gasteiger partial charge in [0.2, 0.25) is 16.0 Å². The van der Waals surface area contributed by atoms with Crippen molar-refractivity contribution in [3.8, 4) is 11.5 Å². The summed E-state index contributed by atoms with van der Waals surface area (Å²) in [5, 5.41) is 74.8. The number of phenols is 2. The van der Waals surface area contributed by atoms with Crippen LogP contribution in [-0.4, -0.2) is 112 Å². The Morgan fingerprint density at radius 1 is 0.915 bits per heavy atom. The van der Waals surface area contributed by atoms with Crippen LogP contribution in [0.4, 0.5) is 22.2 Å². The second-order valence-corrected chi connectivity index (χ2v) is 16.1. The molecule has 2 aliphatic rings. The van der Waals surface area contributed by atoms with Crippen molar-refractivity contribution in [2.24, 2.45) is 5.14 Å². The van der Waals surface area contributed by atoms with E-state index in [1.165, 1.54) is 35.3 Å². The number of primary sulfonamides is 1. The Bertz CT molecular complexity index is 2510. The predicted octanol–water partition coefficient (Wildman–Crippen LogP) is 1.52. The van der Waals surface area contributed by atoms with Crippen LogP contribution in [0.2, 0.25) is 0 Å². The maximum Gasteiger partial charge on any atom is 0.319 e. The number of phenolic OH excluding ortho intramolecular Hbond substituents is 2. The SMILES string of the molecule is NS(=O)(=O)c1ccc(NC(=O)N[C@@H]2CCN(c3nc(NCC(c4ccc(O)cc4)c4ccc(O)cc4)c4ncn([C@@H]5C[C@H](n6ncc(CO)n6)[C@@H](O)[C@H]5O)c4n3)C2)cc1. The third-order valence-corrected chi connectivity index (χ3v) is 11.6. The molecule has 1 saturated carbocycles. The molecule has 5 atom stereocenters. The van der Waals surface area contributed by atoms with Crippen molar-refractivity contribution < 1.29 is 38.7 Å². The molecule has 0 unspecified atom stereocenters. The Morgan fingerprint density at radius 2 is 1.58 bits per heavy atom. The minimum Gasteiger partial charge on any atom is -0.508 e. The molecule has 0 spiro atoms. The van der Waals surface area contributed by atoms with Gasteiger partial charge in [-0.1, -0.05) is 24.3 Å². The lowest BCUT2D eigenvalue weighted by Crippen LogP contribution is -2.40. The summed E-state index contributed by atoms with van der Waals surface area (Å²) >= 11 is 0. The fourth-order valence-corrected chi connectivity index (χ4v) is 8.14. The number of sulfonamides is 1. The predicted molar refractivity (Wildman–Crippen MR) is 213 cm³/mol. The molecule has 2 amide bonds. The van der Waals surface area contributed by atoms with Crippen LogP contribution >= 0.6 is 0 Å². The number of amides is 2. The molecule has 308 valence electrons. The van der Waals surface area contributed by atoms with Gasteiger partial charge in [0.15, 0.2) is 17.0 Å². The van der Waals surface area contributed by atoms with Crippen LogP contribution in [-0.2, 0) is 16.6 Å². The van der Waals surface area contributed by atoms with Crippen molar-refractivity contribution in [3.63, 3.8) is 0 Å². The van der Waals surface area contributed by atoms with Gasteiger partial charge in [-0.25, -0.2) is 23.3 Å². The first-order valence-corrected chi connectivity index (χ1v) is 20.3. The summed E-state index contributed by atoms with van der Waals surface area (Å²) in [5.41, 5.74) is 3.24. The normalized spacial score (nSPS) is 20.7. The zero-order chi connectivity index (χ0) is 41.4. The molecular weight excluding hydrogens is 785 g/mol. The smallest absolute Gasteiger partial charge is 0.319 e. The van der Waals surface area contributed by atoms with E-state index in [-0.39, 0.29) is 41.4 Å². The van der Waals surface area contributed by atoms with E-state index in [1.807, 2.05) is 29.2 Å². The van der Waals surface area contributed by atoms with E-state index in [2.05, 4.69) is 31.1 Å². The summed E-state index contributed by atoms with van der Waals surface area (Å²) in [6.07, 6.45) is 1.21. The molecule has 20 nitrogen and oxygen atoms in total. The molecule has 21 heteroatoms. The summed E-state index contributed by atoms with van der Waals surface area (Å²) in [5.74, 6) is 0.676. The van der Waals surface area contributed by atoms with E-state index in [0.717, 1.165) is 11.1 Å². The first kappa shape index (κ1) is 39.4. The minimum absolute atomic E-state index is 0.0803. The number of rotatable bonds is 12. The number of aliphatic hydroxyl groups excluding tert-OH is 3. The van der Waals surface area contributed by atoms with Crippen LogP contribution in [0.15, 0.2) is 90.2 Å². The quantitative estimate of drug-likeness (QED) is 0.0846. The van der Waals surface area contributed by atoms with Gasteiger partial charge >= 0.3 is 6.03 Å². The highest BCUT2D eigenvalue weighted by Gasteiger charge is 2.45. The van der Waals surface area contributed by atoms with E-state index >= 15 is 0 Å². The molecule has 0 bridgehead atoms. The van der Waals surface area contributed by atoms with Crippen molar-refractivity contribution in [1.82, 2.24) is 39.8 Å². The Labute approximate surface area is 337 Å². The Morgan fingerprint density at radius 3 is 2.20 bits per heavy atom. The number of anilines is 3. The van der Waals surface area contributed by atoms with Crippen LogP contribution in [0.1, 0.15) is 47.7 Å². The summed E-state index contributed by atoms with van der Waals surface area (Å²) in [4.78, 5) is 30.7. The van der Waals surface area contributed by atoms with Crippen LogP contribution in [0.25, 0.3) is 11.2 Å². The number of fused-ring (bicyclic) bond motifs is 1. The number of aromatic hydroxyl groups is 2. The van der Waals surface area contributed by atoms with E-state index in [4.69, 9.17) is 15.1 Å². The number of hydrogen-bond donors (Lipinski definition) is 9. The van der Waals surface area contributed by atoms with Crippen molar-refractivity contribution in [3.05, 3.63) is 102 Å². The maximum atomic E-state index is 13.0. The van der Waals surface area contributed by atoms with Crippen molar-refractivity contribution >= 4 is 44.7 Å². The standard InChI is InChI=1S/C38H42N12O8S/c39-59(57,58)28-11-5-23(6-12-28)43-38(56)44-24-13-14-48(18-24)37-45-35(40-17-29(21-1-7-26(52)8-2-21)22-3-9-27(53)10-4-22)32-36(46-37)49(20-41-32)30-15-31(34(55)33(30)54)50-42-16-25(19-51)47-50/h1-12,16,20,24,29-31,33-34,51-55H,13-15,17-19H2,(H2,39,57,58)(H,40,45,46)(H2,43,44,56)/t24-,30-,31+,33+,34-/m1/s1. The maximum absolute atomic E-state index is 13.0. The van der Waals surface area contributed by atoms with Gasteiger partial charge in [0.25, 0.3) is 0 Å². The molecule has 1 aliphatic heterocycles. The van der Waals surface area contributed by atoms with Crippen LogP contribution < -0.4 is 26.0 Å². The first-order valence-electron chi connectivity index (χ1n) is 18.7. The monoisotopic (exact) mass is 826 g/mol. The second kappa shape index (κ2) is 16.1. The summed E-state index contributed by atoms with van der Waals surface area (Å²) < 4.78 is 24.9. The molecule has 0 radical (unpaired) electrons. The highest BCUT2D eigenvalue weighted by atomic mass is 32.2. The molecule has 8 rings (SSSR count). The largest absolute Gasteiger partial charge is 0.508 e. The topological polar surface area (TPSA) is 292 Å². The van der Waals surface area contributed by atoms with Crippen molar-refractivity contribution in [2.45, 2.75) is 60.6 Å². The summed E-state index contributed by atoms with van der Waals surface area (Å²) in [7, 11) is -3.89. The lowest BCUT2D eigenvalue weighted by atomic mass is 9.91. The van der Waals surface area contributed by atoms with E-state index in [9.17, 15) is 38.7 Å². The van der Waals surface area contributed by atoms with Gasteiger partial charge in [-0.2, -0.15) is 25.0 Å². The lowest BCUT2D eigenvalue weighted by molar-refractivity contribution is 0.00491. The van der Waals surface area contributed by atoms with Gasteiger partial charge in [0.1, 0.15) is 35.4 Å². The van der Waals surface area contributed by atoms with Crippen LogP contribution in [0, 0.1) is 0 Å². The lowest BCUT2D eigenvalue weighted by Gasteiger charge is -2.22. The molecule has 10 N–H and O–H groups in total. The fraction of sp³-hybridized carbons (Fsp3) is 0.316. The average molecular weight is 827 g/mol. The number of nitrogens with one attached hydrogen (secondary N) is 3. The fourth-order valence-electron chi connectivity index (χ4n) is 7.62. The summed E-state index contributed by atoms with van der Waals surface area (Å²) in [6.45, 7) is 0.792. The number of aromatic nitrogens is 7. The number of carbonyl (C=O) groups is 1. The van der Waals surface area contributed by atoms with Gasteiger partial charge < -0.3 is 51.0 Å². The number of carbonyl (C=O) groups excluding carboxylic acids is 1. The third kappa shape index (κ3) is 8.31. The number of benzene rings is 3. The Kier molecular flexibility index (Phi) is 10.8. The zero-order valence-corrected chi connectivity index (χ0v) is 32.1. The number of aliphatic hydroxyl groups is 3. The second-order valence-electron chi connectivity index (χ2n) is 14.6. The zero-order valence-electron chi connectivity index (χ0n) is 31.3. The molecule has 3 aromatic heterocycles. The highest BCUT2D eigenvalue weighted by Crippen LogP contribution is 2.40. The number of nitrogens with two attached hydrogens (primary N) is 1. The van der Waals surface area contributed by atoms with Crippen molar-refractivity contribution in [2.75, 3.05) is 35.2 Å². The Hall–Kier alpha value is -6.39. The van der Waals surface area contributed by atoms with Crippen LogP contribution in [0.3, 0.4) is 0 Å².